The fourth-order valence-corrected chi connectivity index (χ4v) is 3.10. The molecule has 1 atom stereocenters. The molecule has 1 saturated heterocycles. The minimum atomic E-state index is 0.353. The number of aromatic nitrogens is 4. The van der Waals surface area contributed by atoms with Crippen molar-refractivity contribution in [2.24, 2.45) is 0 Å². The van der Waals surface area contributed by atoms with Gasteiger partial charge in [-0.15, -0.1) is 0 Å². The highest BCUT2D eigenvalue weighted by Gasteiger charge is 2.21. The van der Waals surface area contributed by atoms with Crippen molar-refractivity contribution in [2.75, 3.05) is 25.2 Å². The van der Waals surface area contributed by atoms with Gasteiger partial charge in [-0.1, -0.05) is 5.16 Å². The van der Waals surface area contributed by atoms with E-state index in [4.69, 9.17) is 9.26 Å². The Morgan fingerprint density at radius 1 is 1.27 bits per heavy atom. The Morgan fingerprint density at radius 3 is 2.96 bits per heavy atom. The zero-order chi connectivity index (χ0) is 17.9. The number of pyridine rings is 1. The quantitative estimate of drug-likeness (QED) is 0.699. The van der Waals surface area contributed by atoms with Crippen LogP contribution in [-0.2, 0) is 11.3 Å². The molecule has 4 rings (SSSR count). The van der Waals surface area contributed by atoms with E-state index in [0.717, 1.165) is 54.0 Å². The summed E-state index contributed by atoms with van der Waals surface area (Å²) >= 11 is 0. The smallest absolute Gasteiger partial charge is 0.156 e. The van der Waals surface area contributed by atoms with E-state index in [1.165, 1.54) is 0 Å². The van der Waals surface area contributed by atoms with Crippen LogP contribution in [0.4, 0.5) is 5.82 Å². The molecule has 0 N–H and O–H groups in total. The molecule has 0 amide bonds. The highest BCUT2D eigenvalue weighted by molar-refractivity contribution is 5.57. The SMILES string of the molecule is Cc1nc(C2CCOC2)cc(N(C)Cc2cc(-c3cccnc3)no2)n1. The van der Waals surface area contributed by atoms with Gasteiger partial charge in [-0.05, 0) is 25.5 Å². The third-order valence-corrected chi connectivity index (χ3v) is 4.49. The first-order valence-corrected chi connectivity index (χ1v) is 8.69. The molecule has 7 nitrogen and oxygen atoms in total. The van der Waals surface area contributed by atoms with Gasteiger partial charge in [-0.2, -0.15) is 0 Å². The Kier molecular flexibility index (Phi) is 4.62. The molecule has 0 saturated carbocycles. The predicted octanol–water partition coefficient (Wildman–Crippen LogP) is 2.98. The van der Waals surface area contributed by atoms with Crippen molar-refractivity contribution >= 4 is 5.82 Å². The highest BCUT2D eigenvalue weighted by atomic mass is 16.5. The molecular formula is C19H21N5O2. The summed E-state index contributed by atoms with van der Waals surface area (Å²) in [4.78, 5) is 15.3. The molecule has 1 unspecified atom stereocenters. The number of ether oxygens (including phenoxy) is 1. The Bertz CT molecular complexity index is 875. The molecule has 7 heteroatoms. The van der Waals surface area contributed by atoms with Gasteiger partial charge in [0.25, 0.3) is 0 Å². The van der Waals surface area contributed by atoms with Crippen LogP contribution < -0.4 is 4.90 Å². The zero-order valence-corrected chi connectivity index (χ0v) is 14.9. The summed E-state index contributed by atoms with van der Waals surface area (Å²) in [6, 6.07) is 7.83. The summed E-state index contributed by atoms with van der Waals surface area (Å²) in [5.41, 5.74) is 2.76. The fourth-order valence-electron chi connectivity index (χ4n) is 3.10. The lowest BCUT2D eigenvalue weighted by Gasteiger charge is -2.18. The Morgan fingerprint density at radius 2 is 2.19 bits per heavy atom. The van der Waals surface area contributed by atoms with E-state index in [9.17, 15) is 0 Å². The second kappa shape index (κ2) is 7.21. The lowest BCUT2D eigenvalue weighted by molar-refractivity contribution is 0.193. The lowest BCUT2D eigenvalue weighted by atomic mass is 10.0. The maximum absolute atomic E-state index is 5.49. The van der Waals surface area contributed by atoms with Crippen molar-refractivity contribution < 1.29 is 9.26 Å². The van der Waals surface area contributed by atoms with E-state index >= 15 is 0 Å². The van der Waals surface area contributed by atoms with Crippen LogP contribution in [0.25, 0.3) is 11.3 Å². The molecule has 0 spiro atoms. The van der Waals surface area contributed by atoms with Crippen molar-refractivity contribution in [3.63, 3.8) is 0 Å². The van der Waals surface area contributed by atoms with Crippen molar-refractivity contribution in [1.82, 2.24) is 20.1 Å². The zero-order valence-electron chi connectivity index (χ0n) is 14.9. The number of anilines is 1. The summed E-state index contributed by atoms with van der Waals surface area (Å²) < 4.78 is 11.0. The van der Waals surface area contributed by atoms with Gasteiger partial charge in [0.1, 0.15) is 17.3 Å². The maximum atomic E-state index is 5.49. The molecule has 0 aliphatic carbocycles. The number of aryl methyl sites for hydroxylation is 1. The molecule has 3 aromatic heterocycles. The third-order valence-electron chi connectivity index (χ3n) is 4.49. The first-order chi connectivity index (χ1) is 12.7. The molecule has 3 aromatic rings. The fraction of sp³-hybridized carbons (Fsp3) is 0.368. The van der Waals surface area contributed by atoms with Gasteiger partial charge in [-0.25, -0.2) is 9.97 Å². The van der Waals surface area contributed by atoms with Gasteiger partial charge >= 0.3 is 0 Å². The van der Waals surface area contributed by atoms with Gasteiger partial charge in [-0.3, -0.25) is 4.98 Å². The van der Waals surface area contributed by atoms with Crippen LogP contribution in [0.3, 0.4) is 0 Å². The van der Waals surface area contributed by atoms with E-state index in [1.807, 2.05) is 43.1 Å². The van der Waals surface area contributed by atoms with Gasteiger partial charge in [0.2, 0.25) is 0 Å². The number of hydrogen-bond donors (Lipinski definition) is 0. The van der Waals surface area contributed by atoms with Crippen molar-refractivity contribution in [2.45, 2.75) is 25.8 Å². The van der Waals surface area contributed by atoms with E-state index in [1.54, 1.807) is 12.4 Å². The standard InChI is InChI=1S/C19H21N5O2/c1-13-21-17(15-5-7-25-12-15)9-19(22-13)24(2)11-16-8-18(23-26-16)14-4-3-6-20-10-14/h3-4,6,8-10,15H,5,7,11-12H2,1-2H3. The third kappa shape index (κ3) is 3.57. The van der Waals surface area contributed by atoms with E-state index in [-0.39, 0.29) is 0 Å². The van der Waals surface area contributed by atoms with Gasteiger partial charge in [0.15, 0.2) is 5.76 Å². The molecular weight excluding hydrogens is 330 g/mol. The average molecular weight is 351 g/mol. The Balaban J connectivity index is 1.51. The van der Waals surface area contributed by atoms with Crippen LogP contribution >= 0.6 is 0 Å². The monoisotopic (exact) mass is 351 g/mol. The number of rotatable bonds is 5. The summed E-state index contributed by atoms with van der Waals surface area (Å²) in [7, 11) is 1.99. The van der Waals surface area contributed by atoms with Crippen LogP contribution in [0, 0.1) is 6.92 Å². The molecule has 26 heavy (non-hydrogen) atoms. The minimum Gasteiger partial charge on any atom is -0.381 e. The summed E-state index contributed by atoms with van der Waals surface area (Å²) in [5, 5.41) is 4.14. The summed E-state index contributed by atoms with van der Waals surface area (Å²) in [6.07, 6.45) is 4.52. The van der Waals surface area contributed by atoms with Crippen LogP contribution in [0.2, 0.25) is 0 Å². The molecule has 0 bridgehead atoms. The first kappa shape index (κ1) is 16.7. The lowest BCUT2D eigenvalue weighted by Crippen LogP contribution is -2.19. The number of nitrogens with zero attached hydrogens (tertiary/aromatic N) is 5. The average Bonchev–Trinajstić information content (AvgIpc) is 3.34. The first-order valence-electron chi connectivity index (χ1n) is 8.69. The van der Waals surface area contributed by atoms with Crippen LogP contribution in [0.1, 0.15) is 29.6 Å². The molecule has 4 heterocycles. The second-order valence-corrected chi connectivity index (χ2v) is 6.53. The second-order valence-electron chi connectivity index (χ2n) is 6.53. The highest BCUT2D eigenvalue weighted by Crippen LogP contribution is 2.26. The molecule has 0 radical (unpaired) electrons. The molecule has 1 fully saturated rings. The van der Waals surface area contributed by atoms with Crippen molar-refractivity contribution in [1.29, 1.82) is 0 Å². The number of hydrogen-bond acceptors (Lipinski definition) is 7. The van der Waals surface area contributed by atoms with Gasteiger partial charge in [0, 0.05) is 49.7 Å². The predicted molar refractivity (Wildman–Crippen MR) is 96.8 cm³/mol. The van der Waals surface area contributed by atoms with E-state index < -0.39 is 0 Å². The van der Waals surface area contributed by atoms with E-state index in [0.29, 0.717) is 12.5 Å². The van der Waals surface area contributed by atoms with Gasteiger partial charge < -0.3 is 14.2 Å². The Labute approximate surface area is 152 Å². The van der Waals surface area contributed by atoms with Crippen LogP contribution in [-0.4, -0.2) is 40.4 Å². The van der Waals surface area contributed by atoms with Crippen molar-refractivity contribution in [3.05, 3.63) is 53.9 Å². The van der Waals surface area contributed by atoms with Gasteiger partial charge in [0.05, 0.1) is 18.8 Å². The molecule has 0 aromatic carbocycles. The molecule has 134 valence electrons. The summed E-state index contributed by atoms with van der Waals surface area (Å²) in [5.74, 6) is 2.77. The topological polar surface area (TPSA) is 77.2 Å². The van der Waals surface area contributed by atoms with Crippen LogP contribution in [0.15, 0.2) is 41.2 Å². The largest absolute Gasteiger partial charge is 0.381 e. The van der Waals surface area contributed by atoms with E-state index in [2.05, 4.69) is 20.1 Å². The van der Waals surface area contributed by atoms with Crippen molar-refractivity contribution in [3.8, 4) is 11.3 Å². The Hall–Kier alpha value is -2.80. The molecule has 1 aliphatic heterocycles. The summed E-state index contributed by atoms with van der Waals surface area (Å²) in [6.45, 7) is 4.03. The molecule has 1 aliphatic rings. The normalized spacial score (nSPS) is 16.8. The minimum absolute atomic E-state index is 0.353. The van der Waals surface area contributed by atoms with Crippen LogP contribution in [0.5, 0.6) is 0 Å². The maximum Gasteiger partial charge on any atom is 0.156 e.